The zero-order valence-corrected chi connectivity index (χ0v) is 16.8. The van der Waals surface area contributed by atoms with Gasteiger partial charge < -0.3 is 10.0 Å². The number of phenolic OH excluding ortho intramolecular Hbond substituents is 1. The molecule has 0 bridgehead atoms. The van der Waals surface area contributed by atoms with Gasteiger partial charge in [0, 0.05) is 13.1 Å². The summed E-state index contributed by atoms with van der Waals surface area (Å²) in [6.07, 6.45) is 3.45. The average molecular weight is 415 g/mol. The summed E-state index contributed by atoms with van der Waals surface area (Å²) < 4.78 is 0. The van der Waals surface area contributed by atoms with Crippen molar-refractivity contribution in [2.24, 2.45) is 0 Å². The molecule has 7 nitrogen and oxygen atoms in total. The summed E-state index contributed by atoms with van der Waals surface area (Å²) in [5.74, 6) is -1.47. The summed E-state index contributed by atoms with van der Waals surface area (Å²) in [5, 5.41) is 11.8. The number of carbonyl (C=O) groups excluding carboxylic acids is 3. The van der Waals surface area contributed by atoms with Gasteiger partial charge in [-0.3, -0.25) is 25.2 Å². The number of benzene rings is 3. The lowest BCUT2D eigenvalue weighted by molar-refractivity contribution is -0.130. The van der Waals surface area contributed by atoms with Crippen LogP contribution in [0.2, 0.25) is 0 Å². The number of hydrazine groups is 1. The van der Waals surface area contributed by atoms with Crippen molar-refractivity contribution in [3.8, 4) is 5.75 Å². The first-order chi connectivity index (χ1) is 14.9. The molecule has 0 saturated heterocycles. The van der Waals surface area contributed by atoms with E-state index in [0.717, 1.165) is 21.9 Å². The quantitative estimate of drug-likeness (QED) is 0.572. The van der Waals surface area contributed by atoms with E-state index in [1.165, 1.54) is 17.9 Å². The third kappa shape index (κ3) is 4.11. The summed E-state index contributed by atoms with van der Waals surface area (Å²) in [7, 11) is 0. The number of hydrogen-bond donors (Lipinski definition) is 3. The second kappa shape index (κ2) is 8.31. The van der Waals surface area contributed by atoms with Crippen LogP contribution < -0.4 is 10.9 Å². The van der Waals surface area contributed by atoms with Gasteiger partial charge in [-0.1, -0.05) is 48.5 Å². The molecule has 3 aromatic carbocycles. The van der Waals surface area contributed by atoms with Crippen molar-refractivity contribution in [1.29, 1.82) is 0 Å². The monoisotopic (exact) mass is 415 g/mol. The molecule has 0 saturated carbocycles. The number of phenols is 1. The zero-order valence-electron chi connectivity index (χ0n) is 16.8. The van der Waals surface area contributed by atoms with E-state index in [-0.39, 0.29) is 23.6 Å². The molecule has 4 rings (SSSR count). The van der Waals surface area contributed by atoms with Crippen molar-refractivity contribution in [3.63, 3.8) is 0 Å². The van der Waals surface area contributed by atoms with Crippen molar-refractivity contribution in [2.75, 3.05) is 0 Å². The minimum Gasteiger partial charge on any atom is -0.507 e. The van der Waals surface area contributed by atoms with Crippen LogP contribution in [0.3, 0.4) is 0 Å². The highest BCUT2D eigenvalue weighted by Gasteiger charge is 2.28. The molecule has 0 spiro atoms. The van der Waals surface area contributed by atoms with Crippen LogP contribution in [0.4, 0.5) is 0 Å². The Balaban J connectivity index is 1.46. The van der Waals surface area contributed by atoms with E-state index >= 15 is 0 Å². The van der Waals surface area contributed by atoms with Gasteiger partial charge in [0.05, 0.1) is 18.0 Å². The second-order valence-corrected chi connectivity index (χ2v) is 7.31. The molecule has 0 radical (unpaired) electrons. The predicted octanol–water partition coefficient (Wildman–Crippen LogP) is 3.27. The lowest BCUT2D eigenvalue weighted by Gasteiger charge is -2.32. The summed E-state index contributed by atoms with van der Waals surface area (Å²) >= 11 is 0. The molecule has 31 heavy (non-hydrogen) atoms. The van der Waals surface area contributed by atoms with Gasteiger partial charge in [0.2, 0.25) is 11.8 Å². The Kier molecular flexibility index (Phi) is 5.41. The number of aromatic hydroxyl groups is 1. The predicted molar refractivity (Wildman–Crippen MR) is 117 cm³/mol. The van der Waals surface area contributed by atoms with Gasteiger partial charge in [0.25, 0.3) is 5.91 Å². The van der Waals surface area contributed by atoms with Crippen LogP contribution in [0, 0.1) is 0 Å². The fourth-order valence-electron chi connectivity index (χ4n) is 3.74. The third-order valence-electron chi connectivity index (χ3n) is 5.27. The molecule has 1 unspecified atom stereocenters. The molecule has 3 N–H and O–H groups in total. The summed E-state index contributed by atoms with van der Waals surface area (Å²) in [6.45, 7) is 1.44. The van der Waals surface area contributed by atoms with Crippen LogP contribution in [0.1, 0.15) is 40.9 Å². The highest BCUT2D eigenvalue weighted by Crippen LogP contribution is 2.32. The van der Waals surface area contributed by atoms with E-state index in [0.29, 0.717) is 0 Å². The zero-order chi connectivity index (χ0) is 22.0. The van der Waals surface area contributed by atoms with Gasteiger partial charge in [0.15, 0.2) is 0 Å². The van der Waals surface area contributed by atoms with Crippen molar-refractivity contribution in [2.45, 2.75) is 19.4 Å². The van der Waals surface area contributed by atoms with Crippen LogP contribution in [0.25, 0.3) is 16.8 Å². The number of amides is 3. The fourth-order valence-corrected chi connectivity index (χ4v) is 3.74. The molecule has 0 aliphatic carbocycles. The SMILES string of the molecule is CC(=O)N1C=Cc2ccccc2C1CC(=O)NNC(=O)c1cc2ccccc2cc1O. The molecule has 1 atom stereocenters. The van der Waals surface area contributed by atoms with E-state index in [4.69, 9.17) is 0 Å². The minimum atomic E-state index is -0.635. The Morgan fingerprint density at radius 2 is 1.65 bits per heavy atom. The molecular weight excluding hydrogens is 394 g/mol. The Labute approximate surface area is 179 Å². The Morgan fingerprint density at radius 1 is 0.968 bits per heavy atom. The van der Waals surface area contributed by atoms with Crippen molar-refractivity contribution in [1.82, 2.24) is 15.8 Å². The van der Waals surface area contributed by atoms with E-state index in [1.807, 2.05) is 54.6 Å². The standard InChI is InChI=1S/C24H21N3O4/c1-15(28)27-11-10-16-6-4-5-9-19(16)21(27)14-23(30)25-26-24(31)20-12-17-7-2-3-8-18(17)13-22(20)29/h2-13,21,29H,14H2,1H3,(H,25,30)(H,26,31). The summed E-state index contributed by atoms with van der Waals surface area (Å²) in [5.41, 5.74) is 6.56. The molecule has 7 heteroatoms. The summed E-state index contributed by atoms with van der Waals surface area (Å²) in [6, 6.07) is 17.4. The first-order valence-electron chi connectivity index (χ1n) is 9.81. The Hall–Kier alpha value is -4.13. The van der Waals surface area contributed by atoms with Crippen LogP contribution >= 0.6 is 0 Å². The highest BCUT2D eigenvalue weighted by molar-refractivity contribution is 6.02. The average Bonchev–Trinajstić information content (AvgIpc) is 2.77. The van der Waals surface area contributed by atoms with Crippen molar-refractivity contribution >= 4 is 34.6 Å². The first kappa shape index (κ1) is 20.2. The molecule has 1 aliphatic heterocycles. The van der Waals surface area contributed by atoms with Gasteiger partial charge in [-0.05, 0) is 40.1 Å². The maximum atomic E-state index is 12.6. The lowest BCUT2D eigenvalue weighted by atomic mass is 9.93. The van der Waals surface area contributed by atoms with E-state index in [2.05, 4.69) is 10.9 Å². The lowest BCUT2D eigenvalue weighted by Crippen LogP contribution is -2.43. The van der Waals surface area contributed by atoms with Crippen molar-refractivity contribution < 1.29 is 19.5 Å². The topological polar surface area (TPSA) is 98.7 Å². The number of hydrogen-bond acceptors (Lipinski definition) is 4. The van der Waals surface area contributed by atoms with E-state index in [1.54, 1.807) is 12.3 Å². The van der Waals surface area contributed by atoms with Gasteiger partial charge in [-0.2, -0.15) is 0 Å². The van der Waals surface area contributed by atoms with E-state index < -0.39 is 17.9 Å². The normalized spacial score (nSPS) is 14.7. The largest absolute Gasteiger partial charge is 0.507 e. The van der Waals surface area contributed by atoms with Gasteiger partial charge in [-0.25, -0.2) is 0 Å². The number of nitrogens with zero attached hydrogens (tertiary/aromatic N) is 1. The maximum Gasteiger partial charge on any atom is 0.273 e. The summed E-state index contributed by atoms with van der Waals surface area (Å²) in [4.78, 5) is 38.6. The molecule has 0 aromatic heterocycles. The van der Waals surface area contributed by atoms with Crippen LogP contribution in [0.15, 0.2) is 66.9 Å². The highest BCUT2D eigenvalue weighted by atomic mass is 16.3. The fraction of sp³-hybridized carbons (Fsp3) is 0.125. The minimum absolute atomic E-state index is 0.0368. The smallest absolute Gasteiger partial charge is 0.273 e. The molecule has 3 amide bonds. The number of nitrogens with one attached hydrogen (secondary N) is 2. The molecule has 156 valence electrons. The van der Waals surface area contributed by atoms with Gasteiger partial charge in [-0.15, -0.1) is 0 Å². The number of rotatable bonds is 3. The van der Waals surface area contributed by atoms with Gasteiger partial charge >= 0.3 is 0 Å². The second-order valence-electron chi connectivity index (χ2n) is 7.31. The molecule has 3 aromatic rings. The Morgan fingerprint density at radius 3 is 2.39 bits per heavy atom. The molecule has 1 heterocycles. The maximum absolute atomic E-state index is 12.6. The number of carbonyl (C=O) groups is 3. The van der Waals surface area contributed by atoms with E-state index in [9.17, 15) is 19.5 Å². The number of fused-ring (bicyclic) bond motifs is 2. The van der Waals surface area contributed by atoms with Crippen LogP contribution in [-0.2, 0) is 9.59 Å². The van der Waals surface area contributed by atoms with Crippen molar-refractivity contribution in [3.05, 3.63) is 83.6 Å². The molecular formula is C24H21N3O4. The third-order valence-corrected chi connectivity index (χ3v) is 5.27. The van der Waals surface area contributed by atoms with Crippen LogP contribution in [0.5, 0.6) is 5.75 Å². The molecule has 0 fully saturated rings. The van der Waals surface area contributed by atoms with Crippen LogP contribution in [-0.4, -0.2) is 27.7 Å². The van der Waals surface area contributed by atoms with Gasteiger partial charge in [0.1, 0.15) is 5.75 Å². The first-order valence-corrected chi connectivity index (χ1v) is 9.81. The molecule has 1 aliphatic rings. The Bertz CT molecular complexity index is 1220.